The van der Waals surface area contributed by atoms with Crippen molar-refractivity contribution in [3.05, 3.63) is 75.0 Å². The lowest BCUT2D eigenvalue weighted by atomic mass is 10.2. The fourth-order valence-electron chi connectivity index (χ4n) is 2.99. The minimum atomic E-state index is -0.890. The molecule has 0 aliphatic rings. The molecule has 0 fully saturated rings. The van der Waals surface area contributed by atoms with Crippen LogP contribution >= 0.6 is 11.6 Å². The van der Waals surface area contributed by atoms with Gasteiger partial charge in [0.2, 0.25) is 0 Å². The summed E-state index contributed by atoms with van der Waals surface area (Å²) in [6, 6.07) is 11.2. The van der Waals surface area contributed by atoms with Crippen LogP contribution in [0.3, 0.4) is 0 Å². The van der Waals surface area contributed by atoms with Crippen molar-refractivity contribution >= 4 is 28.7 Å². The Labute approximate surface area is 162 Å². The second-order valence-corrected chi connectivity index (χ2v) is 6.57. The highest BCUT2D eigenvalue weighted by molar-refractivity contribution is 6.33. The standard InChI is InChI=1S/C19H13ClFN5O2/c1-9-4-2-5-10(8-9)26-18-15(24-19(26)28)14(16(22)27)23-17(25-18)13-11(20)6-3-7-12(13)21/h2-8H,1H3,(H2,22,27)(H,24,28). The number of hydrogen-bond donors (Lipinski definition) is 2. The summed E-state index contributed by atoms with van der Waals surface area (Å²) in [5.74, 6) is -1.70. The normalized spacial score (nSPS) is 11.1. The number of rotatable bonds is 3. The van der Waals surface area contributed by atoms with Gasteiger partial charge in [0.15, 0.2) is 17.2 Å². The van der Waals surface area contributed by atoms with E-state index in [9.17, 15) is 14.0 Å². The molecule has 0 aliphatic carbocycles. The highest BCUT2D eigenvalue weighted by Gasteiger charge is 2.22. The predicted octanol–water partition coefficient (Wildman–Crippen LogP) is 2.98. The second-order valence-electron chi connectivity index (χ2n) is 6.16. The molecule has 9 heteroatoms. The zero-order valence-electron chi connectivity index (χ0n) is 14.5. The highest BCUT2D eigenvalue weighted by atomic mass is 35.5. The van der Waals surface area contributed by atoms with Gasteiger partial charge in [-0.15, -0.1) is 0 Å². The van der Waals surface area contributed by atoms with Crippen LogP contribution in [-0.4, -0.2) is 25.4 Å². The SMILES string of the molecule is Cc1cccc(-n2c(=O)[nH]c3c(C(N)=O)nc(-c4c(F)cccc4Cl)nc32)c1. The van der Waals surface area contributed by atoms with Crippen molar-refractivity contribution in [2.75, 3.05) is 0 Å². The van der Waals surface area contributed by atoms with Crippen LogP contribution in [0.15, 0.2) is 47.3 Å². The Hall–Kier alpha value is -3.52. The minimum absolute atomic E-state index is 0.0646. The molecule has 28 heavy (non-hydrogen) atoms. The number of primary amides is 1. The number of nitrogens with two attached hydrogens (primary N) is 1. The minimum Gasteiger partial charge on any atom is -0.364 e. The van der Waals surface area contributed by atoms with E-state index in [0.29, 0.717) is 5.69 Å². The lowest BCUT2D eigenvalue weighted by molar-refractivity contribution is 0.0997. The molecule has 0 saturated heterocycles. The molecule has 4 rings (SSSR count). The Bertz CT molecular complexity index is 1290. The maximum absolute atomic E-state index is 14.4. The molecule has 2 aromatic carbocycles. The van der Waals surface area contributed by atoms with E-state index in [2.05, 4.69) is 15.0 Å². The van der Waals surface area contributed by atoms with Gasteiger partial charge in [0.25, 0.3) is 5.91 Å². The second kappa shape index (κ2) is 6.58. The van der Waals surface area contributed by atoms with Crippen molar-refractivity contribution in [1.29, 1.82) is 0 Å². The summed E-state index contributed by atoms with van der Waals surface area (Å²) < 4.78 is 15.7. The third-order valence-corrected chi connectivity index (χ3v) is 4.53. The number of carbonyl (C=O) groups is 1. The smallest absolute Gasteiger partial charge is 0.332 e. The lowest BCUT2D eigenvalue weighted by Crippen LogP contribution is -2.15. The van der Waals surface area contributed by atoms with Crippen LogP contribution in [0.1, 0.15) is 16.1 Å². The first-order valence-corrected chi connectivity index (χ1v) is 8.58. The molecule has 0 atom stereocenters. The zero-order valence-corrected chi connectivity index (χ0v) is 15.3. The summed E-state index contributed by atoms with van der Waals surface area (Å²) in [6.45, 7) is 1.87. The number of halogens is 2. The van der Waals surface area contributed by atoms with Crippen LogP contribution in [0.2, 0.25) is 5.02 Å². The number of aromatic nitrogens is 4. The van der Waals surface area contributed by atoms with Crippen molar-refractivity contribution in [3.63, 3.8) is 0 Å². The van der Waals surface area contributed by atoms with Crippen LogP contribution in [-0.2, 0) is 0 Å². The Morgan fingerprint density at radius 1 is 1.21 bits per heavy atom. The van der Waals surface area contributed by atoms with E-state index in [0.717, 1.165) is 5.56 Å². The van der Waals surface area contributed by atoms with Crippen LogP contribution < -0.4 is 11.4 Å². The Kier molecular flexibility index (Phi) is 4.20. The molecule has 7 nitrogen and oxygen atoms in total. The van der Waals surface area contributed by atoms with Crippen molar-refractivity contribution in [2.24, 2.45) is 5.73 Å². The molecule has 2 heterocycles. The van der Waals surface area contributed by atoms with Gasteiger partial charge in [-0.3, -0.25) is 4.79 Å². The number of imidazole rings is 1. The molecular formula is C19H13ClFN5O2. The number of H-pyrrole nitrogens is 1. The number of nitrogens with one attached hydrogen (secondary N) is 1. The Morgan fingerprint density at radius 3 is 2.64 bits per heavy atom. The maximum atomic E-state index is 14.4. The molecule has 3 N–H and O–H groups in total. The van der Waals surface area contributed by atoms with Crippen LogP contribution in [0.4, 0.5) is 4.39 Å². The van der Waals surface area contributed by atoms with E-state index < -0.39 is 17.4 Å². The van der Waals surface area contributed by atoms with E-state index in [1.807, 2.05) is 13.0 Å². The maximum Gasteiger partial charge on any atom is 0.332 e. The predicted molar refractivity (Wildman–Crippen MR) is 103 cm³/mol. The molecule has 0 unspecified atom stereocenters. The number of benzene rings is 2. The Balaban J connectivity index is 2.12. The average Bonchev–Trinajstić information content (AvgIpc) is 2.96. The topological polar surface area (TPSA) is 107 Å². The van der Waals surface area contributed by atoms with Crippen LogP contribution in [0, 0.1) is 12.7 Å². The number of nitrogens with zero attached hydrogens (tertiary/aromatic N) is 3. The molecular weight excluding hydrogens is 385 g/mol. The first-order chi connectivity index (χ1) is 13.4. The van der Waals surface area contributed by atoms with Gasteiger partial charge in [0.05, 0.1) is 16.3 Å². The van der Waals surface area contributed by atoms with Crippen molar-refractivity contribution in [3.8, 4) is 17.1 Å². The fraction of sp³-hybridized carbons (Fsp3) is 0.0526. The van der Waals surface area contributed by atoms with Gasteiger partial charge < -0.3 is 10.7 Å². The molecule has 1 amide bonds. The number of hydrogen-bond acceptors (Lipinski definition) is 4. The summed E-state index contributed by atoms with van der Waals surface area (Å²) in [5.41, 5.74) is 6.18. The summed E-state index contributed by atoms with van der Waals surface area (Å²) in [4.78, 5) is 35.5. The molecule has 0 radical (unpaired) electrons. The van der Waals surface area contributed by atoms with Gasteiger partial charge in [-0.25, -0.2) is 23.7 Å². The highest BCUT2D eigenvalue weighted by Crippen LogP contribution is 2.30. The Morgan fingerprint density at radius 2 is 1.96 bits per heavy atom. The van der Waals surface area contributed by atoms with Gasteiger partial charge >= 0.3 is 5.69 Å². The van der Waals surface area contributed by atoms with Gasteiger partial charge in [-0.05, 0) is 36.8 Å². The van der Waals surface area contributed by atoms with E-state index in [1.165, 1.54) is 22.8 Å². The number of amides is 1. The summed E-state index contributed by atoms with van der Waals surface area (Å²) >= 11 is 6.12. The van der Waals surface area contributed by atoms with E-state index in [4.69, 9.17) is 17.3 Å². The summed E-state index contributed by atoms with van der Waals surface area (Å²) in [6.07, 6.45) is 0. The van der Waals surface area contributed by atoms with E-state index >= 15 is 0 Å². The van der Waals surface area contributed by atoms with Gasteiger partial charge in [-0.2, -0.15) is 0 Å². The van der Waals surface area contributed by atoms with Crippen molar-refractivity contribution in [2.45, 2.75) is 6.92 Å². The van der Waals surface area contributed by atoms with Crippen LogP contribution in [0.5, 0.6) is 0 Å². The van der Waals surface area contributed by atoms with Gasteiger partial charge in [0.1, 0.15) is 11.3 Å². The van der Waals surface area contributed by atoms with Gasteiger partial charge in [-0.1, -0.05) is 29.8 Å². The third-order valence-electron chi connectivity index (χ3n) is 4.22. The first kappa shape index (κ1) is 17.9. The van der Waals surface area contributed by atoms with Crippen molar-refractivity contribution < 1.29 is 9.18 Å². The number of fused-ring (bicyclic) bond motifs is 1. The summed E-state index contributed by atoms with van der Waals surface area (Å²) in [5, 5.41) is 0.0646. The monoisotopic (exact) mass is 397 g/mol. The average molecular weight is 398 g/mol. The number of aromatic amines is 1. The number of aryl methyl sites for hydroxylation is 1. The van der Waals surface area contributed by atoms with E-state index in [-0.39, 0.29) is 33.3 Å². The zero-order chi connectivity index (χ0) is 20.0. The van der Waals surface area contributed by atoms with E-state index in [1.54, 1.807) is 18.2 Å². The molecule has 140 valence electrons. The molecule has 0 spiro atoms. The molecule has 0 bridgehead atoms. The molecule has 2 aromatic heterocycles. The van der Waals surface area contributed by atoms with Gasteiger partial charge in [0, 0.05) is 0 Å². The van der Waals surface area contributed by atoms with Crippen molar-refractivity contribution in [1.82, 2.24) is 19.5 Å². The summed E-state index contributed by atoms with van der Waals surface area (Å²) in [7, 11) is 0. The molecule has 0 aliphatic heterocycles. The lowest BCUT2D eigenvalue weighted by Gasteiger charge is -2.08. The first-order valence-electron chi connectivity index (χ1n) is 8.21. The fourth-order valence-corrected chi connectivity index (χ4v) is 3.24. The van der Waals surface area contributed by atoms with Crippen LogP contribution in [0.25, 0.3) is 28.2 Å². The largest absolute Gasteiger partial charge is 0.364 e. The number of carbonyl (C=O) groups excluding carboxylic acids is 1. The molecule has 0 saturated carbocycles. The third kappa shape index (κ3) is 2.84. The quantitative estimate of drug-likeness (QED) is 0.554. The molecule has 4 aromatic rings.